The Labute approximate surface area is 122 Å². The van der Waals surface area contributed by atoms with Crippen LogP contribution in [0.1, 0.15) is 36.7 Å². The lowest BCUT2D eigenvalue weighted by Crippen LogP contribution is -2.28. The van der Waals surface area contributed by atoms with Crippen molar-refractivity contribution < 1.29 is 4.79 Å². The Hall–Kier alpha value is -1.42. The number of hydrogen-bond acceptors (Lipinski definition) is 2. The van der Waals surface area contributed by atoms with Crippen LogP contribution in [0, 0.1) is 12.3 Å². The zero-order valence-corrected chi connectivity index (χ0v) is 13.2. The van der Waals surface area contributed by atoms with Gasteiger partial charge in [-0.05, 0) is 39.8 Å². The van der Waals surface area contributed by atoms with Crippen molar-refractivity contribution in [1.29, 1.82) is 0 Å². The van der Waals surface area contributed by atoms with Crippen molar-refractivity contribution in [2.75, 3.05) is 0 Å². The van der Waals surface area contributed by atoms with E-state index >= 15 is 0 Å². The lowest BCUT2D eigenvalue weighted by atomic mass is 9.86. The van der Waals surface area contributed by atoms with E-state index in [1.54, 1.807) is 4.99 Å². The first-order chi connectivity index (χ1) is 8.87. The summed E-state index contributed by atoms with van der Waals surface area (Å²) >= 11 is 3.34. The molecule has 0 radical (unpaired) electrons. The molecule has 0 aromatic heterocycles. The molecule has 0 atom stereocenters. The third-order valence-corrected chi connectivity index (χ3v) is 4.05. The molecule has 1 amide bonds. The maximum absolute atomic E-state index is 12.5. The number of amides is 1. The van der Waals surface area contributed by atoms with Crippen molar-refractivity contribution in [1.82, 2.24) is 5.01 Å². The number of rotatable bonds is 1. The molecule has 0 bridgehead atoms. The smallest absolute Gasteiger partial charge is 0.267 e. The van der Waals surface area contributed by atoms with Gasteiger partial charge in [0.2, 0.25) is 0 Å². The molecule has 100 valence electrons. The van der Waals surface area contributed by atoms with Gasteiger partial charge < -0.3 is 0 Å². The van der Waals surface area contributed by atoms with E-state index < -0.39 is 0 Å². The summed E-state index contributed by atoms with van der Waals surface area (Å²) in [5.41, 5.74) is 3.33. The standard InChI is InChI=1S/C15H17BrN2O/c1-10-5-7-12(8-6-10)14(19)18-13(9-16)15(3,4)11(2)17-18/h5-9H,1-4H3/b13-9-. The van der Waals surface area contributed by atoms with E-state index in [4.69, 9.17) is 0 Å². The largest absolute Gasteiger partial charge is 0.278 e. The molecule has 1 aromatic carbocycles. The van der Waals surface area contributed by atoms with Crippen molar-refractivity contribution in [2.45, 2.75) is 27.7 Å². The highest BCUT2D eigenvalue weighted by atomic mass is 79.9. The van der Waals surface area contributed by atoms with Gasteiger partial charge in [-0.2, -0.15) is 10.1 Å². The second-order valence-electron chi connectivity index (χ2n) is 5.29. The highest BCUT2D eigenvalue weighted by molar-refractivity contribution is 9.11. The molecule has 1 aliphatic heterocycles. The average molecular weight is 321 g/mol. The van der Waals surface area contributed by atoms with Crippen LogP contribution in [-0.4, -0.2) is 16.6 Å². The fraction of sp³-hybridized carbons (Fsp3) is 0.333. The fourth-order valence-corrected chi connectivity index (χ4v) is 2.70. The van der Waals surface area contributed by atoms with Gasteiger partial charge in [-0.25, -0.2) is 0 Å². The third kappa shape index (κ3) is 2.37. The first-order valence-corrected chi connectivity index (χ1v) is 7.07. The van der Waals surface area contributed by atoms with Crippen LogP contribution in [-0.2, 0) is 0 Å². The van der Waals surface area contributed by atoms with Gasteiger partial charge in [0.15, 0.2) is 0 Å². The van der Waals surface area contributed by atoms with E-state index in [0.717, 1.165) is 17.0 Å². The third-order valence-electron chi connectivity index (χ3n) is 3.62. The van der Waals surface area contributed by atoms with Crippen molar-refractivity contribution in [3.63, 3.8) is 0 Å². The monoisotopic (exact) mass is 320 g/mol. The van der Waals surface area contributed by atoms with Gasteiger partial charge in [0.25, 0.3) is 5.91 Å². The number of carbonyl (C=O) groups excluding carboxylic acids is 1. The minimum Gasteiger partial charge on any atom is -0.267 e. The van der Waals surface area contributed by atoms with Gasteiger partial charge in [-0.1, -0.05) is 33.6 Å². The molecular formula is C15H17BrN2O. The van der Waals surface area contributed by atoms with Crippen LogP contribution < -0.4 is 0 Å². The molecule has 1 aromatic rings. The zero-order chi connectivity index (χ0) is 14.2. The van der Waals surface area contributed by atoms with Crippen LogP contribution in [0.15, 0.2) is 40.0 Å². The molecule has 0 fully saturated rings. The van der Waals surface area contributed by atoms with Crippen molar-refractivity contribution in [3.05, 3.63) is 46.1 Å². The molecule has 0 N–H and O–H groups in total. The van der Waals surface area contributed by atoms with E-state index in [2.05, 4.69) is 34.9 Å². The minimum absolute atomic E-state index is 0.101. The lowest BCUT2D eigenvalue weighted by molar-refractivity contribution is 0.0806. The van der Waals surface area contributed by atoms with E-state index in [9.17, 15) is 4.79 Å². The molecule has 0 saturated carbocycles. The Morgan fingerprint density at radius 2 is 1.84 bits per heavy atom. The summed E-state index contributed by atoms with van der Waals surface area (Å²) in [7, 11) is 0. The minimum atomic E-state index is -0.232. The predicted molar refractivity (Wildman–Crippen MR) is 81.2 cm³/mol. The van der Waals surface area contributed by atoms with E-state index in [1.165, 1.54) is 5.01 Å². The number of allylic oxidation sites excluding steroid dienone is 1. The number of aryl methyl sites for hydroxylation is 1. The molecule has 2 rings (SSSR count). The van der Waals surface area contributed by atoms with Crippen molar-refractivity contribution in [2.24, 2.45) is 10.5 Å². The Morgan fingerprint density at radius 1 is 1.26 bits per heavy atom. The molecule has 3 nitrogen and oxygen atoms in total. The number of nitrogens with zero attached hydrogens (tertiary/aromatic N) is 2. The van der Waals surface area contributed by atoms with Crippen LogP contribution in [0.25, 0.3) is 0 Å². The van der Waals surface area contributed by atoms with Gasteiger partial charge in [0.1, 0.15) is 0 Å². The Morgan fingerprint density at radius 3 is 2.37 bits per heavy atom. The topological polar surface area (TPSA) is 32.7 Å². The highest BCUT2D eigenvalue weighted by Gasteiger charge is 2.39. The summed E-state index contributed by atoms with van der Waals surface area (Å²) < 4.78 is 0. The normalized spacial score (nSPS) is 19.7. The van der Waals surface area contributed by atoms with Crippen LogP contribution >= 0.6 is 15.9 Å². The average Bonchev–Trinajstić information content (AvgIpc) is 2.60. The second kappa shape index (κ2) is 4.93. The molecular weight excluding hydrogens is 304 g/mol. The van der Waals surface area contributed by atoms with Crippen molar-refractivity contribution >= 4 is 27.5 Å². The summed E-state index contributed by atoms with van der Waals surface area (Å²) in [5, 5.41) is 5.88. The number of benzene rings is 1. The number of hydrazone groups is 1. The molecule has 0 spiro atoms. The van der Waals surface area contributed by atoms with Crippen LogP contribution in [0.5, 0.6) is 0 Å². The summed E-state index contributed by atoms with van der Waals surface area (Å²) in [4.78, 5) is 14.3. The zero-order valence-electron chi connectivity index (χ0n) is 11.6. The summed E-state index contributed by atoms with van der Waals surface area (Å²) in [6, 6.07) is 7.53. The summed E-state index contributed by atoms with van der Waals surface area (Å²) in [6.45, 7) is 8.06. The predicted octanol–water partition coefficient (Wildman–Crippen LogP) is 4.09. The van der Waals surface area contributed by atoms with Gasteiger partial charge in [0.05, 0.1) is 5.70 Å². The van der Waals surface area contributed by atoms with Gasteiger partial charge in [0, 0.05) is 21.7 Å². The van der Waals surface area contributed by atoms with E-state index in [1.807, 2.05) is 38.1 Å². The van der Waals surface area contributed by atoms with Gasteiger partial charge >= 0.3 is 0 Å². The second-order valence-corrected chi connectivity index (χ2v) is 5.75. The maximum Gasteiger partial charge on any atom is 0.278 e. The Balaban J connectivity index is 2.38. The van der Waals surface area contributed by atoms with E-state index in [0.29, 0.717) is 5.56 Å². The first kappa shape index (κ1) is 14.0. The molecule has 0 saturated heterocycles. The van der Waals surface area contributed by atoms with Crippen LogP contribution in [0.2, 0.25) is 0 Å². The van der Waals surface area contributed by atoms with Crippen molar-refractivity contribution in [3.8, 4) is 0 Å². The fourth-order valence-electron chi connectivity index (χ4n) is 1.93. The van der Waals surface area contributed by atoms with Gasteiger partial charge in [-0.15, -0.1) is 0 Å². The molecule has 0 aliphatic carbocycles. The molecule has 1 heterocycles. The molecule has 4 heteroatoms. The summed E-state index contributed by atoms with van der Waals surface area (Å²) in [5.74, 6) is -0.101. The first-order valence-electron chi connectivity index (χ1n) is 6.15. The number of carbonyl (C=O) groups is 1. The number of halogens is 1. The quantitative estimate of drug-likeness (QED) is 0.767. The van der Waals surface area contributed by atoms with Gasteiger partial charge in [-0.3, -0.25) is 4.79 Å². The maximum atomic E-state index is 12.5. The number of hydrogen-bond donors (Lipinski definition) is 0. The Bertz CT molecular complexity index is 570. The highest BCUT2D eigenvalue weighted by Crippen LogP contribution is 2.38. The SMILES string of the molecule is CC1=NN(C(=O)c2ccc(C)cc2)/C(=C\Br)C1(C)C. The lowest BCUT2D eigenvalue weighted by Gasteiger charge is -2.23. The van der Waals surface area contributed by atoms with Crippen LogP contribution in [0.3, 0.4) is 0 Å². The molecule has 0 unspecified atom stereocenters. The summed E-state index contributed by atoms with van der Waals surface area (Å²) in [6.07, 6.45) is 0. The van der Waals surface area contributed by atoms with E-state index in [-0.39, 0.29) is 11.3 Å². The van der Waals surface area contributed by atoms with Crippen LogP contribution in [0.4, 0.5) is 0 Å². The Kier molecular flexibility index (Phi) is 3.63. The molecule has 19 heavy (non-hydrogen) atoms. The molecule has 1 aliphatic rings.